The smallest absolute Gasteiger partial charge is 0.121 e. The minimum atomic E-state index is 0.311. The van der Waals surface area contributed by atoms with Crippen LogP contribution in [0.5, 0.6) is 5.75 Å². The molecule has 0 spiro atoms. The molecule has 1 unspecified atom stereocenters. The number of hydrogen-bond donors (Lipinski definition) is 1. The van der Waals surface area contributed by atoms with E-state index in [9.17, 15) is 0 Å². The van der Waals surface area contributed by atoms with Gasteiger partial charge in [0.05, 0.1) is 24.6 Å². The van der Waals surface area contributed by atoms with Gasteiger partial charge in [0.15, 0.2) is 0 Å². The highest BCUT2D eigenvalue weighted by Crippen LogP contribution is 2.30. The first kappa shape index (κ1) is 11.1. The Hall–Kier alpha value is -1.42. The second-order valence-electron chi connectivity index (χ2n) is 4.02. The van der Waals surface area contributed by atoms with Crippen molar-refractivity contribution >= 4 is 11.4 Å². The lowest BCUT2D eigenvalue weighted by molar-refractivity contribution is 0.121. The third-order valence-electron chi connectivity index (χ3n) is 3.06. The summed E-state index contributed by atoms with van der Waals surface area (Å²) >= 11 is 0. The predicted molar refractivity (Wildman–Crippen MR) is 65.0 cm³/mol. The van der Waals surface area contributed by atoms with Crippen LogP contribution in [0.1, 0.15) is 6.42 Å². The highest BCUT2D eigenvalue weighted by molar-refractivity contribution is 5.70. The van der Waals surface area contributed by atoms with Crippen LogP contribution in [-0.2, 0) is 4.74 Å². The Morgan fingerprint density at radius 1 is 1.38 bits per heavy atom. The molecule has 0 amide bonds. The summed E-state index contributed by atoms with van der Waals surface area (Å²) in [6, 6.07) is 5.74. The summed E-state index contributed by atoms with van der Waals surface area (Å²) < 4.78 is 10.6. The van der Waals surface area contributed by atoms with Crippen molar-refractivity contribution in [2.24, 2.45) is 0 Å². The quantitative estimate of drug-likeness (QED) is 0.787. The summed E-state index contributed by atoms with van der Waals surface area (Å²) in [5, 5.41) is 0. The Kier molecular flexibility index (Phi) is 3.19. The Morgan fingerprint density at radius 3 is 2.81 bits per heavy atom. The van der Waals surface area contributed by atoms with Crippen LogP contribution < -0.4 is 15.4 Å². The number of nitrogens with two attached hydrogens (primary N) is 1. The van der Waals surface area contributed by atoms with Gasteiger partial charge in [0.2, 0.25) is 0 Å². The molecular weight excluding hydrogens is 204 g/mol. The summed E-state index contributed by atoms with van der Waals surface area (Å²) in [7, 11) is 3.42. The van der Waals surface area contributed by atoms with E-state index in [1.165, 1.54) is 0 Å². The number of methoxy groups -OCH3 is 2. The highest BCUT2D eigenvalue weighted by atomic mass is 16.5. The zero-order valence-electron chi connectivity index (χ0n) is 9.77. The monoisotopic (exact) mass is 222 g/mol. The first-order chi connectivity index (χ1) is 7.74. The molecule has 1 saturated heterocycles. The molecule has 0 bridgehead atoms. The SMILES string of the molecule is COc1ccc(N)c(N2CCC(OC)C2)c1. The van der Waals surface area contributed by atoms with Gasteiger partial charge in [-0.3, -0.25) is 0 Å². The summed E-state index contributed by atoms with van der Waals surface area (Å²) in [5.41, 5.74) is 7.80. The third-order valence-corrected chi connectivity index (χ3v) is 3.06. The van der Waals surface area contributed by atoms with Crippen molar-refractivity contribution in [2.45, 2.75) is 12.5 Å². The molecule has 88 valence electrons. The van der Waals surface area contributed by atoms with E-state index in [-0.39, 0.29) is 0 Å². The average molecular weight is 222 g/mol. The van der Waals surface area contributed by atoms with E-state index in [1.54, 1.807) is 14.2 Å². The van der Waals surface area contributed by atoms with Crippen molar-refractivity contribution in [1.29, 1.82) is 0 Å². The molecule has 1 aliphatic heterocycles. The lowest BCUT2D eigenvalue weighted by Crippen LogP contribution is -2.23. The van der Waals surface area contributed by atoms with E-state index in [0.717, 1.165) is 36.6 Å². The second-order valence-corrected chi connectivity index (χ2v) is 4.02. The van der Waals surface area contributed by atoms with Gasteiger partial charge in [-0.2, -0.15) is 0 Å². The van der Waals surface area contributed by atoms with E-state index in [4.69, 9.17) is 15.2 Å². The van der Waals surface area contributed by atoms with Gasteiger partial charge in [-0.15, -0.1) is 0 Å². The Morgan fingerprint density at radius 2 is 2.19 bits per heavy atom. The molecule has 1 aromatic rings. The van der Waals surface area contributed by atoms with Crippen molar-refractivity contribution in [1.82, 2.24) is 0 Å². The largest absolute Gasteiger partial charge is 0.497 e. The van der Waals surface area contributed by atoms with Gasteiger partial charge in [-0.25, -0.2) is 0 Å². The fourth-order valence-electron chi connectivity index (χ4n) is 2.06. The predicted octanol–water partition coefficient (Wildman–Crippen LogP) is 1.50. The highest BCUT2D eigenvalue weighted by Gasteiger charge is 2.23. The van der Waals surface area contributed by atoms with Crippen LogP contribution in [0.3, 0.4) is 0 Å². The molecule has 4 heteroatoms. The molecule has 1 fully saturated rings. The van der Waals surface area contributed by atoms with Gasteiger partial charge in [-0.1, -0.05) is 0 Å². The number of nitrogens with zero attached hydrogens (tertiary/aromatic N) is 1. The fourth-order valence-corrected chi connectivity index (χ4v) is 2.06. The molecule has 0 aromatic heterocycles. The molecular formula is C12H18N2O2. The van der Waals surface area contributed by atoms with Gasteiger partial charge in [0.25, 0.3) is 0 Å². The molecule has 4 nitrogen and oxygen atoms in total. The van der Waals surface area contributed by atoms with Crippen LogP contribution in [0.15, 0.2) is 18.2 Å². The molecule has 16 heavy (non-hydrogen) atoms. The van der Waals surface area contributed by atoms with Crippen molar-refractivity contribution in [2.75, 3.05) is 37.9 Å². The van der Waals surface area contributed by atoms with Gasteiger partial charge >= 0.3 is 0 Å². The zero-order chi connectivity index (χ0) is 11.5. The number of nitrogen functional groups attached to an aromatic ring is 1. The standard InChI is InChI=1S/C12H18N2O2/c1-15-9-3-4-11(13)12(7-9)14-6-5-10(8-14)16-2/h3-4,7,10H,5-6,8,13H2,1-2H3. The summed E-state index contributed by atoms with van der Waals surface area (Å²) in [4.78, 5) is 2.24. The van der Waals surface area contributed by atoms with Gasteiger partial charge in [-0.05, 0) is 18.6 Å². The Bertz CT molecular complexity index is 368. The molecule has 0 aliphatic carbocycles. The number of rotatable bonds is 3. The Labute approximate surface area is 95.9 Å². The van der Waals surface area contributed by atoms with Gasteiger partial charge in [0, 0.05) is 26.3 Å². The molecule has 0 radical (unpaired) electrons. The van der Waals surface area contributed by atoms with E-state index in [2.05, 4.69) is 4.90 Å². The lowest BCUT2D eigenvalue weighted by atomic mass is 10.2. The first-order valence-electron chi connectivity index (χ1n) is 5.46. The minimum Gasteiger partial charge on any atom is -0.497 e. The van der Waals surface area contributed by atoms with Crippen molar-refractivity contribution in [3.63, 3.8) is 0 Å². The van der Waals surface area contributed by atoms with Crippen molar-refractivity contribution in [3.05, 3.63) is 18.2 Å². The van der Waals surface area contributed by atoms with Crippen LogP contribution in [0.25, 0.3) is 0 Å². The maximum atomic E-state index is 5.97. The fraction of sp³-hybridized carbons (Fsp3) is 0.500. The molecule has 2 N–H and O–H groups in total. The van der Waals surface area contributed by atoms with Crippen LogP contribution >= 0.6 is 0 Å². The number of ether oxygens (including phenoxy) is 2. The van der Waals surface area contributed by atoms with Crippen molar-refractivity contribution < 1.29 is 9.47 Å². The zero-order valence-corrected chi connectivity index (χ0v) is 9.77. The number of anilines is 2. The third kappa shape index (κ3) is 2.07. The Balaban J connectivity index is 2.20. The summed E-state index contributed by atoms with van der Waals surface area (Å²) in [5.74, 6) is 0.838. The maximum Gasteiger partial charge on any atom is 0.121 e. The lowest BCUT2D eigenvalue weighted by Gasteiger charge is -2.20. The number of hydrogen-bond acceptors (Lipinski definition) is 4. The van der Waals surface area contributed by atoms with Crippen LogP contribution in [-0.4, -0.2) is 33.4 Å². The van der Waals surface area contributed by atoms with E-state index in [0.29, 0.717) is 6.10 Å². The second kappa shape index (κ2) is 4.61. The normalized spacial score (nSPS) is 20.1. The van der Waals surface area contributed by atoms with Crippen LogP contribution in [0.2, 0.25) is 0 Å². The molecule has 1 aliphatic rings. The van der Waals surface area contributed by atoms with E-state index < -0.39 is 0 Å². The van der Waals surface area contributed by atoms with E-state index in [1.807, 2.05) is 18.2 Å². The van der Waals surface area contributed by atoms with Crippen molar-refractivity contribution in [3.8, 4) is 5.75 Å². The molecule has 2 rings (SSSR count). The van der Waals surface area contributed by atoms with Gasteiger partial charge in [0.1, 0.15) is 5.75 Å². The molecule has 1 heterocycles. The first-order valence-corrected chi connectivity index (χ1v) is 5.46. The van der Waals surface area contributed by atoms with Gasteiger partial charge < -0.3 is 20.1 Å². The molecule has 1 aromatic carbocycles. The summed E-state index contributed by atoms with van der Waals surface area (Å²) in [6.07, 6.45) is 1.36. The maximum absolute atomic E-state index is 5.97. The number of benzene rings is 1. The topological polar surface area (TPSA) is 47.7 Å². The molecule has 0 saturated carbocycles. The molecule has 1 atom stereocenters. The average Bonchev–Trinajstić information content (AvgIpc) is 2.78. The van der Waals surface area contributed by atoms with Crippen LogP contribution in [0.4, 0.5) is 11.4 Å². The summed E-state index contributed by atoms with van der Waals surface area (Å²) in [6.45, 7) is 1.88. The van der Waals surface area contributed by atoms with Crippen LogP contribution in [0, 0.1) is 0 Å². The minimum absolute atomic E-state index is 0.311. The van der Waals surface area contributed by atoms with E-state index >= 15 is 0 Å².